The van der Waals surface area contributed by atoms with Gasteiger partial charge < -0.3 is 9.47 Å². The number of benzene rings is 2. The van der Waals surface area contributed by atoms with Crippen LogP contribution in [0.4, 0.5) is 0 Å². The summed E-state index contributed by atoms with van der Waals surface area (Å²) in [6.07, 6.45) is 0. The zero-order valence-corrected chi connectivity index (χ0v) is 13.9. The average molecular weight is 400 g/mol. The Morgan fingerprint density at radius 1 is 1.05 bits per heavy atom. The van der Waals surface area contributed by atoms with E-state index < -0.39 is 0 Å². The normalized spacial score (nSPS) is 10.2. The standard InChI is InChI=1S/C15H12Br2O3/c1-19-14-7-12(17)15(8-11(14)16)20-9-13(18)10-5-3-2-4-6-10/h2-8H,9H2,1H3. The van der Waals surface area contributed by atoms with E-state index in [2.05, 4.69) is 31.9 Å². The van der Waals surface area contributed by atoms with Crippen LogP contribution in [0.15, 0.2) is 51.4 Å². The van der Waals surface area contributed by atoms with E-state index in [1.165, 1.54) is 0 Å². The van der Waals surface area contributed by atoms with Gasteiger partial charge in [-0.1, -0.05) is 30.3 Å². The molecule has 0 spiro atoms. The number of methoxy groups -OCH3 is 1. The molecule has 0 amide bonds. The lowest BCUT2D eigenvalue weighted by atomic mass is 10.1. The summed E-state index contributed by atoms with van der Waals surface area (Å²) in [4.78, 5) is 12.0. The smallest absolute Gasteiger partial charge is 0.200 e. The predicted octanol–water partition coefficient (Wildman–Crippen LogP) is 4.48. The summed E-state index contributed by atoms with van der Waals surface area (Å²) in [5.74, 6) is 1.21. The van der Waals surface area contributed by atoms with E-state index in [4.69, 9.17) is 9.47 Å². The molecule has 0 N–H and O–H groups in total. The van der Waals surface area contributed by atoms with E-state index >= 15 is 0 Å². The monoisotopic (exact) mass is 398 g/mol. The molecule has 0 atom stereocenters. The fourth-order valence-electron chi connectivity index (χ4n) is 1.63. The molecule has 0 fully saturated rings. The highest BCUT2D eigenvalue weighted by atomic mass is 79.9. The van der Waals surface area contributed by atoms with Crippen LogP contribution in [0.25, 0.3) is 0 Å². The van der Waals surface area contributed by atoms with E-state index in [0.717, 1.165) is 8.95 Å². The Kier molecular flexibility index (Phi) is 5.20. The van der Waals surface area contributed by atoms with E-state index in [1.54, 1.807) is 31.4 Å². The first-order valence-electron chi connectivity index (χ1n) is 5.86. The molecular weight excluding hydrogens is 388 g/mol. The lowest BCUT2D eigenvalue weighted by molar-refractivity contribution is 0.0921. The van der Waals surface area contributed by atoms with Crippen molar-refractivity contribution in [2.75, 3.05) is 13.7 Å². The molecule has 0 saturated carbocycles. The first-order chi connectivity index (χ1) is 9.61. The van der Waals surface area contributed by atoms with Crippen LogP contribution in [0.5, 0.6) is 11.5 Å². The maximum atomic E-state index is 12.0. The van der Waals surface area contributed by atoms with Crippen molar-refractivity contribution in [3.8, 4) is 11.5 Å². The summed E-state index contributed by atoms with van der Waals surface area (Å²) < 4.78 is 12.2. The molecule has 0 aromatic heterocycles. The molecular formula is C15H12Br2O3. The maximum Gasteiger partial charge on any atom is 0.200 e. The van der Waals surface area contributed by atoms with E-state index in [1.807, 2.05) is 18.2 Å². The van der Waals surface area contributed by atoms with Crippen LogP contribution in [0.1, 0.15) is 10.4 Å². The third kappa shape index (κ3) is 3.61. The number of hydrogen-bond acceptors (Lipinski definition) is 3. The second-order valence-corrected chi connectivity index (χ2v) is 5.70. The molecule has 0 aliphatic carbocycles. The van der Waals surface area contributed by atoms with Crippen LogP contribution in [0.2, 0.25) is 0 Å². The predicted molar refractivity (Wildman–Crippen MR) is 84.7 cm³/mol. The topological polar surface area (TPSA) is 35.5 Å². The largest absolute Gasteiger partial charge is 0.496 e. The highest BCUT2D eigenvalue weighted by Crippen LogP contribution is 2.36. The van der Waals surface area contributed by atoms with Crippen molar-refractivity contribution < 1.29 is 14.3 Å². The van der Waals surface area contributed by atoms with Crippen molar-refractivity contribution >= 4 is 37.6 Å². The first-order valence-corrected chi connectivity index (χ1v) is 7.44. The fourth-order valence-corrected chi connectivity index (χ4v) is 2.55. The molecule has 2 aromatic carbocycles. The maximum absolute atomic E-state index is 12.0. The number of Topliss-reactive ketones (excluding diaryl/α,β-unsaturated/α-hetero) is 1. The van der Waals surface area contributed by atoms with E-state index in [-0.39, 0.29) is 12.4 Å². The number of ketones is 1. The van der Waals surface area contributed by atoms with Crippen molar-refractivity contribution in [1.82, 2.24) is 0 Å². The molecule has 0 saturated heterocycles. The van der Waals surface area contributed by atoms with Gasteiger partial charge in [0.25, 0.3) is 0 Å². The van der Waals surface area contributed by atoms with Gasteiger partial charge >= 0.3 is 0 Å². The molecule has 0 unspecified atom stereocenters. The van der Waals surface area contributed by atoms with E-state index in [0.29, 0.717) is 17.1 Å². The number of halogens is 2. The third-order valence-corrected chi connectivity index (χ3v) is 3.90. The Bertz CT molecular complexity index is 612. The molecule has 2 aromatic rings. The Morgan fingerprint density at radius 2 is 1.65 bits per heavy atom. The van der Waals surface area contributed by atoms with Gasteiger partial charge in [-0.3, -0.25) is 4.79 Å². The zero-order valence-electron chi connectivity index (χ0n) is 10.7. The SMILES string of the molecule is COc1cc(Br)c(OCC(=O)c2ccccc2)cc1Br. The van der Waals surface area contributed by atoms with Crippen LogP contribution in [0, 0.1) is 0 Å². The summed E-state index contributed by atoms with van der Waals surface area (Å²) in [7, 11) is 1.59. The second kappa shape index (κ2) is 6.90. The third-order valence-electron chi connectivity index (χ3n) is 2.66. The number of carbonyl (C=O) groups is 1. The van der Waals surface area contributed by atoms with Gasteiger partial charge in [-0.25, -0.2) is 0 Å². The van der Waals surface area contributed by atoms with Gasteiger partial charge in [0.2, 0.25) is 0 Å². The minimum absolute atomic E-state index is 0.0125. The second-order valence-electron chi connectivity index (χ2n) is 4.00. The van der Waals surface area contributed by atoms with Crippen LogP contribution in [-0.4, -0.2) is 19.5 Å². The summed E-state index contributed by atoms with van der Waals surface area (Å²) in [6.45, 7) is -0.0125. The highest BCUT2D eigenvalue weighted by molar-refractivity contribution is 9.11. The van der Waals surface area contributed by atoms with Crippen LogP contribution in [0.3, 0.4) is 0 Å². The zero-order chi connectivity index (χ0) is 14.5. The number of hydrogen-bond donors (Lipinski definition) is 0. The van der Waals surface area contributed by atoms with Gasteiger partial charge in [0.15, 0.2) is 12.4 Å². The van der Waals surface area contributed by atoms with Crippen molar-refractivity contribution in [3.63, 3.8) is 0 Å². The number of carbonyl (C=O) groups excluding carboxylic acids is 1. The average Bonchev–Trinajstić information content (AvgIpc) is 2.48. The molecule has 0 heterocycles. The summed E-state index contributed by atoms with van der Waals surface area (Å²) in [6, 6.07) is 12.6. The van der Waals surface area contributed by atoms with Gasteiger partial charge in [-0.2, -0.15) is 0 Å². The van der Waals surface area contributed by atoms with Crippen LogP contribution < -0.4 is 9.47 Å². The highest BCUT2D eigenvalue weighted by Gasteiger charge is 2.11. The molecule has 0 aliphatic rings. The molecule has 0 aliphatic heterocycles. The van der Waals surface area contributed by atoms with Gasteiger partial charge in [-0.15, -0.1) is 0 Å². The van der Waals surface area contributed by atoms with Crippen molar-refractivity contribution in [2.24, 2.45) is 0 Å². The van der Waals surface area contributed by atoms with E-state index in [9.17, 15) is 4.79 Å². The summed E-state index contributed by atoms with van der Waals surface area (Å²) in [5.41, 5.74) is 0.635. The molecule has 20 heavy (non-hydrogen) atoms. The summed E-state index contributed by atoms with van der Waals surface area (Å²) in [5, 5.41) is 0. The molecule has 0 radical (unpaired) electrons. The Balaban J connectivity index is 2.08. The molecule has 5 heteroatoms. The van der Waals surface area contributed by atoms with Gasteiger partial charge in [0.05, 0.1) is 16.1 Å². The van der Waals surface area contributed by atoms with Crippen molar-refractivity contribution in [2.45, 2.75) is 0 Å². The lowest BCUT2D eigenvalue weighted by Crippen LogP contribution is -2.11. The fraction of sp³-hybridized carbons (Fsp3) is 0.133. The Hall–Kier alpha value is -1.33. The number of rotatable bonds is 5. The van der Waals surface area contributed by atoms with Crippen LogP contribution >= 0.6 is 31.9 Å². The molecule has 2 rings (SSSR count). The van der Waals surface area contributed by atoms with Gasteiger partial charge in [-0.05, 0) is 44.0 Å². The minimum Gasteiger partial charge on any atom is -0.496 e. The Morgan fingerprint density at radius 3 is 2.30 bits per heavy atom. The van der Waals surface area contributed by atoms with Crippen molar-refractivity contribution in [1.29, 1.82) is 0 Å². The van der Waals surface area contributed by atoms with Gasteiger partial charge in [0.1, 0.15) is 11.5 Å². The summed E-state index contributed by atoms with van der Waals surface area (Å²) >= 11 is 6.77. The van der Waals surface area contributed by atoms with Crippen LogP contribution in [-0.2, 0) is 0 Å². The molecule has 104 valence electrons. The quantitative estimate of drug-likeness (QED) is 0.695. The minimum atomic E-state index is -0.0653. The Labute approximate surface area is 134 Å². The molecule has 0 bridgehead atoms. The van der Waals surface area contributed by atoms with Gasteiger partial charge in [0, 0.05) is 5.56 Å². The van der Waals surface area contributed by atoms with Crippen molar-refractivity contribution in [3.05, 3.63) is 57.0 Å². The molecule has 3 nitrogen and oxygen atoms in total. The first kappa shape index (κ1) is 15.1. The lowest BCUT2D eigenvalue weighted by Gasteiger charge is -2.10. The number of ether oxygens (including phenoxy) is 2.